The molecular weight excluding hydrogens is 132 g/mol. The van der Waals surface area contributed by atoms with Gasteiger partial charge in [0.2, 0.25) is 6.20 Å². The van der Waals surface area contributed by atoms with Gasteiger partial charge >= 0.3 is 0 Å². The molecule has 0 bridgehead atoms. The van der Waals surface area contributed by atoms with Gasteiger partial charge in [0, 0.05) is 5.53 Å². The van der Waals surface area contributed by atoms with Gasteiger partial charge in [0.1, 0.15) is 6.04 Å². The number of nitrogens with two attached hydrogens (primary N) is 1. The Labute approximate surface area is 59.6 Å². The van der Waals surface area contributed by atoms with Crippen molar-refractivity contribution in [2.24, 2.45) is 5.73 Å². The molecule has 5 nitrogen and oxygen atoms in total. The Kier molecular flexibility index (Phi) is 1.91. The minimum Gasteiger partial charge on any atom is -0.348 e. The SMILES string of the molecule is CC(C)[NH+]1N[NH+](O)C=C1N. The monoisotopic (exact) mass is 146 g/mol. The molecule has 2 unspecified atom stereocenters. The van der Waals surface area contributed by atoms with Crippen molar-refractivity contribution in [3.8, 4) is 0 Å². The molecule has 0 saturated heterocycles. The molecule has 5 heteroatoms. The van der Waals surface area contributed by atoms with E-state index in [0.717, 1.165) is 5.01 Å². The van der Waals surface area contributed by atoms with Crippen LogP contribution in [0.5, 0.6) is 0 Å². The summed E-state index contributed by atoms with van der Waals surface area (Å²) in [6.45, 7) is 4.03. The lowest BCUT2D eigenvalue weighted by molar-refractivity contribution is -1.19. The molecule has 0 aromatic carbocycles. The van der Waals surface area contributed by atoms with Gasteiger partial charge in [0.05, 0.1) is 0 Å². The van der Waals surface area contributed by atoms with Crippen molar-refractivity contribution in [3.63, 3.8) is 0 Å². The van der Waals surface area contributed by atoms with Crippen LogP contribution >= 0.6 is 0 Å². The van der Waals surface area contributed by atoms with Crippen LogP contribution in [0.25, 0.3) is 0 Å². The molecule has 0 saturated carbocycles. The minimum absolute atomic E-state index is 0.140. The molecule has 1 aliphatic heterocycles. The molecule has 0 amide bonds. The summed E-state index contributed by atoms with van der Waals surface area (Å²) in [4.78, 5) is 0. The second kappa shape index (κ2) is 2.55. The van der Waals surface area contributed by atoms with E-state index >= 15 is 0 Å². The summed E-state index contributed by atoms with van der Waals surface area (Å²) in [6.07, 6.45) is 1.52. The van der Waals surface area contributed by atoms with Crippen LogP contribution in [-0.4, -0.2) is 11.2 Å². The Hall–Kier alpha value is -0.620. The van der Waals surface area contributed by atoms with E-state index in [1.807, 2.05) is 13.8 Å². The highest BCUT2D eigenvalue weighted by Gasteiger charge is 2.30. The summed E-state index contributed by atoms with van der Waals surface area (Å²) < 4.78 is 0. The molecule has 0 fully saturated rings. The fourth-order valence-corrected chi connectivity index (χ4v) is 0.949. The number of quaternary nitrogens is 2. The summed E-state index contributed by atoms with van der Waals surface area (Å²) >= 11 is 0. The number of hydrogen-bond donors (Lipinski definition) is 5. The normalized spacial score (nSPS) is 33.0. The summed E-state index contributed by atoms with van der Waals surface area (Å²) in [5, 5.41) is 9.99. The third kappa shape index (κ3) is 1.27. The van der Waals surface area contributed by atoms with Crippen molar-refractivity contribution in [2.45, 2.75) is 19.9 Å². The van der Waals surface area contributed by atoms with Crippen LogP contribution in [0.3, 0.4) is 0 Å². The van der Waals surface area contributed by atoms with Gasteiger partial charge in [-0.25, -0.2) is 0 Å². The van der Waals surface area contributed by atoms with Crippen LogP contribution in [0.2, 0.25) is 0 Å². The molecule has 1 rings (SSSR count). The topological polar surface area (TPSA) is 67.2 Å². The first-order valence-electron chi connectivity index (χ1n) is 3.28. The van der Waals surface area contributed by atoms with E-state index in [2.05, 4.69) is 5.53 Å². The number of nitrogens with one attached hydrogen (secondary N) is 3. The second-order valence-electron chi connectivity index (χ2n) is 2.68. The molecule has 10 heavy (non-hydrogen) atoms. The largest absolute Gasteiger partial charge is 0.348 e. The van der Waals surface area contributed by atoms with Crippen LogP contribution in [-0.2, 0) is 0 Å². The predicted molar refractivity (Wildman–Crippen MR) is 34.3 cm³/mol. The molecule has 1 heterocycles. The fourth-order valence-electron chi connectivity index (χ4n) is 0.949. The molecule has 0 spiro atoms. The van der Waals surface area contributed by atoms with E-state index in [4.69, 9.17) is 10.9 Å². The Balaban J connectivity index is 2.59. The smallest absolute Gasteiger partial charge is 0.280 e. The first-order chi connectivity index (χ1) is 4.61. The van der Waals surface area contributed by atoms with Gasteiger partial charge < -0.3 is 5.73 Å². The van der Waals surface area contributed by atoms with E-state index in [1.165, 1.54) is 6.20 Å². The van der Waals surface area contributed by atoms with Crippen LogP contribution < -0.4 is 21.4 Å². The molecule has 0 aromatic rings. The lowest BCUT2D eigenvalue weighted by Gasteiger charge is -2.13. The molecule has 2 atom stereocenters. The molecule has 1 aliphatic rings. The standard InChI is InChI=1S/C5H12N4O/c1-4(2)9-5(6)3-8(10)7-9/h3-4,7,10H,6H2,1-2H3/p+2. The van der Waals surface area contributed by atoms with Gasteiger partial charge in [0.15, 0.2) is 0 Å². The molecule has 58 valence electrons. The molecule has 6 N–H and O–H groups in total. The van der Waals surface area contributed by atoms with Gasteiger partial charge in [0.25, 0.3) is 5.82 Å². The Morgan fingerprint density at radius 1 is 1.70 bits per heavy atom. The van der Waals surface area contributed by atoms with Crippen molar-refractivity contribution >= 4 is 0 Å². The number of hydrogen-bond acceptors (Lipinski definition) is 3. The third-order valence-electron chi connectivity index (χ3n) is 1.44. The van der Waals surface area contributed by atoms with Gasteiger partial charge in [-0.2, -0.15) is 10.2 Å². The molecule has 0 radical (unpaired) electrons. The van der Waals surface area contributed by atoms with Crippen LogP contribution in [0.4, 0.5) is 0 Å². The highest BCUT2D eigenvalue weighted by molar-refractivity contribution is 4.75. The Morgan fingerprint density at radius 2 is 2.30 bits per heavy atom. The maximum Gasteiger partial charge on any atom is 0.280 e. The van der Waals surface area contributed by atoms with Crippen molar-refractivity contribution in [3.05, 3.63) is 12.0 Å². The first kappa shape index (κ1) is 7.49. The highest BCUT2D eigenvalue weighted by atomic mass is 16.6. The minimum atomic E-state index is 0.140. The fraction of sp³-hybridized carbons (Fsp3) is 0.600. The van der Waals surface area contributed by atoms with Gasteiger partial charge in [-0.15, -0.1) is 0 Å². The van der Waals surface area contributed by atoms with Gasteiger partial charge in [-0.1, -0.05) is 0 Å². The molecule has 0 aromatic heterocycles. The van der Waals surface area contributed by atoms with Crippen LogP contribution in [0.1, 0.15) is 13.8 Å². The Bertz CT molecular complexity index is 156. The summed E-state index contributed by atoms with van der Waals surface area (Å²) in [5.41, 5.74) is 8.33. The highest BCUT2D eigenvalue weighted by Crippen LogP contribution is 1.71. The lowest BCUT2D eigenvalue weighted by Crippen LogP contribution is -3.33. The van der Waals surface area contributed by atoms with E-state index in [0.29, 0.717) is 11.9 Å². The average Bonchev–Trinajstić information content (AvgIpc) is 2.10. The van der Waals surface area contributed by atoms with E-state index in [-0.39, 0.29) is 5.17 Å². The second-order valence-corrected chi connectivity index (χ2v) is 2.68. The third-order valence-corrected chi connectivity index (χ3v) is 1.44. The molecule has 0 aliphatic carbocycles. The van der Waals surface area contributed by atoms with Crippen molar-refractivity contribution in [2.75, 3.05) is 0 Å². The van der Waals surface area contributed by atoms with Crippen molar-refractivity contribution < 1.29 is 15.4 Å². The maximum atomic E-state index is 8.95. The van der Waals surface area contributed by atoms with Crippen molar-refractivity contribution in [1.29, 1.82) is 0 Å². The van der Waals surface area contributed by atoms with E-state index in [1.54, 1.807) is 0 Å². The Morgan fingerprint density at radius 3 is 2.50 bits per heavy atom. The van der Waals surface area contributed by atoms with Gasteiger partial charge in [-0.3, -0.25) is 0 Å². The zero-order valence-corrected chi connectivity index (χ0v) is 6.18. The quantitative estimate of drug-likeness (QED) is 0.270. The van der Waals surface area contributed by atoms with Crippen LogP contribution in [0, 0.1) is 0 Å². The zero-order chi connectivity index (χ0) is 7.72. The number of hydroxylamine groups is 1. The number of rotatable bonds is 1. The van der Waals surface area contributed by atoms with Crippen molar-refractivity contribution in [1.82, 2.24) is 5.53 Å². The maximum absolute atomic E-state index is 8.95. The lowest BCUT2D eigenvalue weighted by atomic mass is 10.4. The van der Waals surface area contributed by atoms with Crippen LogP contribution in [0.15, 0.2) is 12.0 Å². The zero-order valence-electron chi connectivity index (χ0n) is 6.18. The predicted octanol–water partition coefficient (Wildman–Crippen LogP) is -3.26. The molecular formula is C5H14N4O+2. The van der Waals surface area contributed by atoms with Gasteiger partial charge in [-0.05, 0) is 19.0 Å². The average molecular weight is 146 g/mol. The van der Waals surface area contributed by atoms with E-state index in [9.17, 15) is 0 Å². The summed E-state index contributed by atoms with van der Waals surface area (Å²) in [5.74, 6) is 0.632. The first-order valence-corrected chi connectivity index (χ1v) is 3.28. The van der Waals surface area contributed by atoms with E-state index < -0.39 is 0 Å². The summed E-state index contributed by atoms with van der Waals surface area (Å²) in [7, 11) is 0. The summed E-state index contributed by atoms with van der Waals surface area (Å²) in [6, 6.07) is 0.334.